The molecule has 1 N–H and O–H groups in total. The molecule has 0 heterocycles. The van der Waals surface area contributed by atoms with Crippen LogP contribution in [0.25, 0.3) is 0 Å². The lowest BCUT2D eigenvalue weighted by Crippen LogP contribution is -2.54. The van der Waals surface area contributed by atoms with E-state index in [-0.39, 0.29) is 30.6 Å². The Hall–Kier alpha value is -2.78. The lowest BCUT2D eigenvalue weighted by Gasteiger charge is -2.34. The number of anilines is 1. The molecule has 7 nitrogen and oxygen atoms in total. The van der Waals surface area contributed by atoms with Crippen molar-refractivity contribution in [2.75, 3.05) is 17.1 Å². The van der Waals surface area contributed by atoms with Gasteiger partial charge >= 0.3 is 0 Å². The van der Waals surface area contributed by atoms with Crippen molar-refractivity contribution in [3.8, 4) is 0 Å². The summed E-state index contributed by atoms with van der Waals surface area (Å²) in [4.78, 5) is 28.9. The van der Waals surface area contributed by atoms with E-state index in [0.717, 1.165) is 16.1 Å². The van der Waals surface area contributed by atoms with Gasteiger partial charge in [-0.2, -0.15) is 0 Å². The molecule has 0 saturated carbocycles. The summed E-state index contributed by atoms with van der Waals surface area (Å²) in [5.41, 5.74) is 1.70. The highest BCUT2D eigenvalue weighted by Gasteiger charge is 2.33. The van der Waals surface area contributed by atoms with Crippen LogP contribution in [0.1, 0.15) is 25.0 Å². The summed E-state index contributed by atoms with van der Waals surface area (Å²) in [6.07, 6.45) is 1.22. The summed E-state index contributed by atoms with van der Waals surface area (Å²) >= 11 is 18.4. The number of nitrogens with one attached hydrogen (secondary N) is 1. The number of rotatable bonds is 11. The summed E-state index contributed by atoms with van der Waals surface area (Å²) < 4.78 is 26.5. The molecule has 0 aliphatic heterocycles. The van der Waals surface area contributed by atoms with Crippen molar-refractivity contribution in [1.82, 2.24) is 10.2 Å². The third-order valence-electron chi connectivity index (χ3n) is 5.81. The molecule has 0 bridgehead atoms. The summed E-state index contributed by atoms with van der Waals surface area (Å²) in [7, 11) is -3.88. The minimum atomic E-state index is -3.88. The minimum absolute atomic E-state index is 0.00805. The van der Waals surface area contributed by atoms with Gasteiger partial charge in [0.15, 0.2) is 0 Å². The molecule has 3 aromatic carbocycles. The normalized spacial score (nSPS) is 12.2. The van der Waals surface area contributed by atoms with E-state index in [1.165, 1.54) is 11.0 Å². The van der Waals surface area contributed by atoms with Crippen LogP contribution in [0.5, 0.6) is 0 Å². The molecular formula is C28H30Cl3N3O4S. The van der Waals surface area contributed by atoms with Gasteiger partial charge in [-0.05, 0) is 55.3 Å². The largest absolute Gasteiger partial charge is 0.352 e. The topological polar surface area (TPSA) is 86.8 Å². The molecule has 0 aromatic heterocycles. The van der Waals surface area contributed by atoms with Gasteiger partial charge in [0.25, 0.3) is 0 Å². The number of sulfonamides is 1. The predicted molar refractivity (Wildman–Crippen MR) is 158 cm³/mol. The number of hydrogen-bond acceptors (Lipinski definition) is 4. The molecule has 39 heavy (non-hydrogen) atoms. The molecule has 208 valence electrons. The van der Waals surface area contributed by atoms with E-state index in [9.17, 15) is 18.0 Å². The zero-order chi connectivity index (χ0) is 28.7. The Morgan fingerprint density at radius 2 is 1.56 bits per heavy atom. The van der Waals surface area contributed by atoms with Crippen LogP contribution in [0.3, 0.4) is 0 Å². The molecule has 0 saturated heterocycles. The van der Waals surface area contributed by atoms with Crippen molar-refractivity contribution >= 4 is 62.3 Å². The van der Waals surface area contributed by atoms with Gasteiger partial charge in [-0.15, -0.1) is 0 Å². The van der Waals surface area contributed by atoms with Crippen molar-refractivity contribution in [3.63, 3.8) is 0 Å². The highest BCUT2D eigenvalue weighted by atomic mass is 35.5. The molecular weight excluding hydrogens is 581 g/mol. The average Bonchev–Trinajstić information content (AvgIpc) is 2.86. The second-order valence-corrected chi connectivity index (χ2v) is 12.5. The molecule has 11 heteroatoms. The van der Waals surface area contributed by atoms with Gasteiger partial charge in [-0.3, -0.25) is 13.9 Å². The first-order valence-electron chi connectivity index (χ1n) is 12.2. The Morgan fingerprint density at radius 3 is 2.15 bits per heavy atom. The number of benzene rings is 3. The highest BCUT2D eigenvalue weighted by Crippen LogP contribution is 2.26. The number of halogens is 3. The molecule has 0 aliphatic rings. The summed E-state index contributed by atoms with van der Waals surface area (Å²) in [6.45, 7) is 3.10. The molecule has 3 aromatic rings. The molecule has 0 spiro atoms. The van der Waals surface area contributed by atoms with Crippen molar-refractivity contribution in [3.05, 3.63) is 99.0 Å². The molecule has 3 rings (SSSR count). The Bertz CT molecular complexity index is 1420. The maximum absolute atomic E-state index is 14.0. The van der Waals surface area contributed by atoms with Crippen molar-refractivity contribution in [2.45, 2.75) is 38.9 Å². The van der Waals surface area contributed by atoms with Crippen LogP contribution in [0.2, 0.25) is 15.1 Å². The summed E-state index contributed by atoms with van der Waals surface area (Å²) in [5, 5.41) is 3.86. The van der Waals surface area contributed by atoms with Crippen LogP contribution in [0.15, 0.2) is 72.8 Å². The maximum Gasteiger partial charge on any atom is 0.244 e. The minimum Gasteiger partial charge on any atom is -0.352 e. The number of amides is 2. The van der Waals surface area contributed by atoms with E-state index in [0.29, 0.717) is 20.6 Å². The quantitative estimate of drug-likeness (QED) is 0.307. The highest BCUT2D eigenvalue weighted by molar-refractivity contribution is 7.92. The first-order valence-corrected chi connectivity index (χ1v) is 15.1. The molecule has 0 radical (unpaired) electrons. The van der Waals surface area contributed by atoms with Gasteiger partial charge < -0.3 is 10.2 Å². The van der Waals surface area contributed by atoms with E-state index in [1.54, 1.807) is 36.4 Å². The first-order chi connectivity index (χ1) is 18.3. The molecule has 2 amide bonds. The predicted octanol–water partition coefficient (Wildman–Crippen LogP) is 5.58. The van der Waals surface area contributed by atoms with E-state index in [4.69, 9.17) is 34.8 Å². The smallest absolute Gasteiger partial charge is 0.244 e. The van der Waals surface area contributed by atoms with Crippen molar-refractivity contribution < 1.29 is 18.0 Å². The Kier molecular flexibility index (Phi) is 10.7. The summed E-state index contributed by atoms with van der Waals surface area (Å²) in [5.74, 6) is -0.942. The molecule has 0 unspecified atom stereocenters. The van der Waals surface area contributed by atoms with Gasteiger partial charge in [-0.25, -0.2) is 8.42 Å². The van der Waals surface area contributed by atoms with Crippen LogP contribution in [0.4, 0.5) is 5.69 Å². The zero-order valence-corrected chi connectivity index (χ0v) is 24.9. The average molecular weight is 611 g/mol. The van der Waals surface area contributed by atoms with Crippen LogP contribution in [0, 0.1) is 0 Å². The van der Waals surface area contributed by atoms with Gasteiger partial charge in [0, 0.05) is 24.0 Å². The third-order valence-corrected chi connectivity index (χ3v) is 7.93. The van der Waals surface area contributed by atoms with E-state index >= 15 is 0 Å². The lowest BCUT2D eigenvalue weighted by atomic mass is 10.0. The van der Waals surface area contributed by atoms with Crippen LogP contribution in [-0.2, 0) is 32.6 Å². The fourth-order valence-corrected chi connectivity index (χ4v) is 5.36. The van der Waals surface area contributed by atoms with Gasteiger partial charge in [-0.1, -0.05) is 77.3 Å². The van der Waals surface area contributed by atoms with Crippen molar-refractivity contribution in [1.29, 1.82) is 0 Å². The Balaban J connectivity index is 2.07. The van der Waals surface area contributed by atoms with Crippen LogP contribution >= 0.6 is 34.8 Å². The van der Waals surface area contributed by atoms with Gasteiger partial charge in [0.1, 0.15) is 12.6 Å². The Labute approximate surface area is 244 Å². The second kappa shape index (κ2) is 13.5. The third kappa shape index (κ3) is 8.86. The number of hydrogen-bond donors (Lipinski definition) is 1. The molecule has 0 fully saturated rings. The maximum atomic E-state index is 14.0. The number of nitrogens with zero attached hydrogens (tertiary/aromatic N) is 2. The summed E-state index contributed by atoms with van der Waals surface area (Å²) in [6, 6.07) is 19.3. The van der Waals surface area contributed by atoms with Crippen LogP contribution in [-0.4, -0.2) is 50.0 Å². The number of carbonyl (C=O) groups is 2. The van der Waals surface area contributed by atoms with E-state index < -0.39 is 28.5 Å². The fourth-order valence-electron chi connectivity index (χ4n) is 4.01. The zero-order valence-electron chi connectivity index (χ0n) is 21.8. The first kappa shape index (κ1) is 30.8. The standard InChI is InChI=1S/C28H30Cl3N3O4S/c1-19(2)32-28(36)26(15-20-8-5-4-6-9-20)33(17-21-12-13-24(30)25(31)14-21)27(35)18-34(39(3,37)38)23-11-7-10-22(29)16-23/h4-14,16,19,26H,15,17-18H2,1-3H3,(H,32,36)/t26-/m0/s1. The van der Waals surface area contributed by atoms with E-state index in [2.05, 4.69) is 5.32 Å². The second-order valence-electron chi connectivity index (χ2n) is 9.39. The fraction of sp³-hybridized carbons (Fsp3) is 0.286. The van der Waals surface area contributed by atoms with Gasteiger partial charge in [0.05, 0.1) is 22.0 Å². The SMILES string of the molecule is CC(C)NC(=O)[C@H](Cc1ccccc1)N(Cc1ccc(Cl)c(Cl)c1)C(=O)CN(c1cccc(Cl)c1)S(C)(=O)=O. The monoisotopic (exact) mass is 609 g/mol. The lowest BCUT2D eigenvalue weighted by molar-refractivity contribution is -0.140. The van der Waals surface area contributed by atoms with Crippen LogP contribution < -0.4 is 9.62 Å². The van der Waals surface area contributed by atoms with Crippen molar-refractivity contribution in [2.24, 2.45) is 0 Å². The molecule has 1 atom stereocenters. The molecule has 0 aliphatic carbocycles. The van der Waals surface area contributed by atoms with E-state index in [1.807, 2.05) is 44.2 Å². The van der Waals surface area contributed by atoms with Gasteiger partial charge in [0.2, 0.25) is 21.8 Å². The number of carbonyl (C=O) groups excluding carboxylic acids is 2. The Morgan fingerprint density at radius 1 is 0.872 bits per heavy atom.